The van der Waals surface area contributed by atoms with Crippen molar-refractivity contribution in [1.29, 1.82) is 0 Å². The van der Waals surface area contributed by atoms with Crippen LogP contribution in [0.2, 0.25) is 0 Å². The second-order valence-corrected chi connectivity index (χ2v) is 5.50. The van der Waals surface area contributed by atoms with Crippen molar-refractivity contribution in [3.8, 4) is 0 Å². The van der Waals surface area contributed by atoms with Gasteiger partial charge in [0, 0.05) is 25.2 Å². The molecule has 3 aromatic rings. The Morgan fingerprint density at radius 3 is 2.43 bits per heavy atom. The average Bonchev–Trinajstić information content (AvgIpc) is 2.92. The summed E-state index contributed by atoms with van der Waals surface area (Å²) in [4.78, 5) is 13.8. The molecule has 0 radical (unpaired) electrons. The molecular formula is C18H20N4O. The molecule has 0 spiro atoms. The van der Waals surface area contributed by atoms with Crippen LogP contribution < -0.4 is 10.9 Å². The van der Waals surface area contributed by atoms with Crippen LogP contribution >= 0.6 is 0 Å². The highest BCUT2D eigenvalue weighted by Gasteiger charge is 2.21. The van der Waals surface area contributed by atoms with Crippen molar-refractivity contribution >= 4 is 5.69 Å². The molecule has 0 aliphatic heterocycles. The minimum Gasteiger partial charge on any atom is -0.385 e. The predicted octanol–water partition coefficient (Wildman–Crippen LogP) is 2.86. The molecule has 0 aliphatic carbocycles. The summed E-state index contributed by atoms with van der Waals surface area (Å²) in [6.07, 6.45) is 1.72. The van der Waals surface area contributed by atoms with Crippen LogP contribution in [0, 0.1) is 6.92 Å². The van der Waals surface area contributed by atoms with Gasteiger partial charge in [0.1, 0.15) is 0 Å². The van der Waals surface area contributed by atoms with Gasteiger partial charge in [-0.3, -0.25) is 4.79 Å². The van der Waals surface area contributed by atoms with Crippen LogP contribution in [0.25, 0.3) is 0 Å². The Hall–Kier alpha value is -2.82. The van der Waals surface area contributed by atoms with E-state index in [2.05, 4.69) is 24.4 Å². The highest BCUT2D eigenvalue weighted by atomic mass is 16.1. The van der Waals surface area contributed by atoms with Crippen LogP contribution in [0.3, 0.4) is 0 Å². The van der Waals surface area contributed by atoms with Crippen LogP contribution in [0.1, 0.15) is 29.8 Å². The van der Waals surface area contributed by atoms with E-state index in [1.54, 1.807) is 17.1 Å². The number of benzene rings is 1. The van der Waals surface area contributed by atoms with Gasteiger partial charge in [0.25, 0.3) is 5.56 Å². The lowest BCUT2D eigenvalue weighted by molar-refractivity contribution is 0.529. The number of nitrogens with zero attached hydrogens (tertiary/aromatic N) is 3. The van der Waals surface area contributed by atoms with E-state index in [-0.39, 0.29) is 11.5 Å². The largest absolute Gasteiger partial charge is 0.385 e. The number of aromatic nitrogens is 3. The van der Waals surface area contributed by atoms with Crippen molar-refractivity contribution in [2.45, 2.75) is 19.8 Å². The first-order chi connectivity index (χ1) is 11.1. The fraction of sp³-hybridized carbons (Fsp3) is 0.222. The lowest BCUT2D eigenvalue weighted by Crippen LogP contribution is -2.26. The number of rotatable bonds is 4. The van der Waals surface area contributed by atoms with Gasteiger partial charge in [0.05, 0.1) is 17.1 Å². The molecular weight excluding hydrogens is 288 g/mol. The molecule has 5 heteroatoms. The van der Waals surface area contributed by atoms with Gasteiger partial charge in [-0.25, -0.2) is 4.68 Å². The van der Waals surface area contributed by atoms with E-state index in [1.807, 2.05) is 38.2 Å². The quantitative estimate of drug-likeness (QED) is 0.806. The monoisotopic (exact) mass is 308 g/mol. The summed E-state index contributed by atoms with van der Waals surface area (Å²) < 4.78 is 1.51. The van der Waals surface area contributed by atoms with Crippen LogP contribution in [0.15, 0.2) is 59.5 Å². The molecule has 1 aromatic carbocycles. The van der Waals surface area contributed by atoms with E-state index in [9.17, 15) is 4.79 Å². The second-order valence-electron chi connectivity index (χ2n) is 5.50. The van der Waals surface area contributed by atoms with Crippen molar-refractivity contribution < 1.29 is 0 Å². The van der Waals surface area contributed by atoms with E-state index in [1.165, 1.54) is 16.3 Å². The van der Waals surface area contributed by atoms with Crippen molar-refractivity contribution in [1.82, 2.24) is 14.6 Å². The first-order valence-electron chi connectivity index (χ1n) is 7.64. The van der Waals surface area contributed by atoms with E-state index < -0.39 is 0 Å². The molecule has 3 rings (SSSR count). The lowest BCUT2D eigenvalue weighted by atomic mass is 9.96. The average molecular weight is 308 g/mol. The third-order valence-electron chi connectivity index (χ3n) is 4.09. The molecule has 0 saturated heterocycles. The minimum atomic E-state index is -0.111. The smallest absolute Gasteiger partial charge is 0.270 e. The number of hydrogen-bond acceptors (Lipinski definition) is 3. The summed E-state index contributed by atoms with van der Waals surface area (Å²) >= 11 is 0. The van der Waals surface area contributed by atoms with Gasteiger partial charge in [-0.15, -0.1) is 0 Å². The van der Waals surface area contributed by atoms with Crippen LogP contribution in [0.4, 0.5) is 5.69 Å². The Labute approximate surface area is 135 Å². The Balaban J connectivity index is 2.14. The number of hydrogen-bond donors (Lipinski definition) is 1. The van der Waals surface area contributed by atoms with Crippen molar-refractivity contribution in [3.63, 3.8) is 0 Å². The molecule has 5 nitrogen and oxygen atoms in total. The summed E-state index contributed by atoms with van der Waals surface area (Å²) in [5.74, 6) is 0.123. The summed E-state index contributed by atoms with van der Waals surface area (Å²) in [6, 6.07) is 15.3. The fourth-order valence-electron chi connectivity index (χ4n) is 2.81. The molecule has 23 heavy (non-hydrogen) atoms. The fourth-order valence-corrected chi connectivity index (χ4v) is 2.81. The Morgan fingerprint density at radius 2 is 1.78 bits per heavy atom. The van der Waals surface area contributed by atoms with Gasteiger partial charge < -0.3 is 5.32 Å². The van der Waals surface area contributed by atoms with Crippen molar-refractivity contribution in [2.24, 2.45) is 0 Å². The molecule has 1 N–H and O–H groups in total. The maximum Gasteiger partial charge on any atom is 0.270 e. The van der Waals surface area contributed by atoms with Crippen molar-refractivity contribution in [3.05, 3.63) is 82.0 Å². The maximum atomic E-state index is 12.1. The second kappa shape index (κ2) is 6.12. The summed E-state index contributed by atoms with van der Waals surface area (Å²) in [5, 5.41) is 7.93. The van der Waals surface area contributed by atoms with Crippen LogP contribution in [-0.4, -0.2) is 21.6 Å². The standard InChI is InChI=1S/C18H20N4O/c1-13(15-9-5-4-6-10-15)17-18(19-3)14(2)22(20-17)21-12-8-7-11-16(21)23/h4-13,19H,1-3H3. The third kappa shape index (κ3) is 2.65. The molecule has 0 saturated carbocycles. The Bertz CT molecular complexity index is 864. The molecule has 1 atom stereocenters. The van der Waals surface area contributed by atoms with Gasteiger partial charge in [0.15, 0.2) is 0 Å². The zero-order chi connectivity index (χ0) is 16.4. The first-order valence-corrected chi connectivity index (χ1v) is 7.64. The van der Waals surface area contributed by atoms with E-state index in [4.69, 9.17) is 5.10 Å². The molecule has 0 amide bonds. The normalized spacial score (nSPS) is 12.1. The number of nitrogens with one attached hydrogen (secondary N) is 1. The molecule has 2 aromatic heterocycles. The molecule has 118 valence electrons. The van der Waals surface area contributed by atoms with Gasteiger partial charge in [-0.2, -0.15) is 9.89 Å². The molecule has 0 aliphatic rings. The zero-order valence-electron chi connectivity index (χ0n) is 13.5. The molecule has 2 heterocycles. The minimum absolute atomic E-state index is 0.111. The zero-order valence-corrected chi connectivity index (χ0v) is 13.5. The highest BCUT2D eigenvalue weighted by Crippen LogP contribution is 2.31. The molecule has 1 unspecified atom stereocenters. The predicted molar refractivity (Wildman–Crippen MR) is 92.0 cm³/mol. The molecule has 0 bridgehead atoms. The van der Waals surface area contributed by atoms with Gasteiger partial charge >= 0.3 is 0 Å². The van der Waals surface area contributed by atoms with E-state index >= 15 is 0 Å². The van der Waals surface area contributed by atoms with Gasteiger partial charge in [-0.05, 0) is 18.6 Å². The van der Waals surface area contributed by atoms with E-state index in [0.29, 0.717) is 0 Å². The van der Waals surface area contributed by atoms with Gasteiger partial charge in [0.2, 0.25) is 0 Å². The maximum absolute atomic E-state index is 12.1. The SMILES string of the molecule is CNc1c(C(C)c2ccccc2)nn(-n2ccccc2=O)c1C. The van der Waals surface area contributed by atoms with Gasteiger partial charge in [-0.1, -0.05) is 43.3 Å². The van der Waals surface area contributed by atoms with Crippen LogP contribution in [-0.2, 0) is 0 Å². The highest BCUT2D eigenvalue weighted by molar-refractivity contribution is 5.55. The first kappa shape index (κ1) is 15.1. The van der Waals surface area contributed by atoms with E-state index in [0.717, 1.165) is 17.1 Å². The topological polar surface area (TPSA) is 51.9 Å². The van der Waals surface area contributed by atoms with Crippen LogP contribution in [0.5, 0.6) is 0 Å². The Kier molecular flexibility index (Phi) is 4.02. The number of anilines is 1. The summed E-state index contributed by atoms with van der Waals surface area (Å²) in [6.45, 7) is 4.08. The van der Waals surface area contributed by atoms with Crippen molar-refractivity contribution in [2.75, 3.05) is 12.4 Å². The Morgan fingerprint density at radius 1 is 1.09 bits per heavy atom. The lowest BCUT2D eigenvalue weighted by Gasteiger charge is -2.11. The number of pyridine rings is 1. The summed E-state index contributed by atoms with van der Waals surface area (Å²) in [5.41, 5.74) is 3.86. The third-order valence-corrected chi connectivity index (χ3v) is 4.09. The summed E-state index contributed by atoms with van der Waals surface area (Å²) in [7, 11) is 1.88. The molecule has 0 fully saturated rings.